The number of aromatic nitrogens is 1. The van der Waals surface area contributed by atoms with Crippen LogP contribution in [0.5, 0.6) is 0 Å². The Morgan fingerprint density at radius 2 is 1.69 bits per heavy atom. The number of anilines is 1. The molecule has 370 valence electrons. The molecule has 4 aliphatic rings. The maximum absolute atomic E-state index is 14.6. The van der Waals surface area contributed by atoms with Crippen molar-refractivity contribution in [2.45, 2.75) is 174 Å². The molecule has 1 saturated carbocycles. The van der Waals surface area contributed by atoms with Crippen LogP contribution in [-0.2, 0) is 49.4 Å². The van der Waals surface area contributed by atoms with E-state index in [0.717, 1.165) is 53.5 Å². The Bertz CT molecular complexity index is 2110. The molecule has 2 saturated heterocycles. The van der Waals surface area contributed by atoms with Crippen LogP contribution in [0, 0.1) is 29.6 Å². The van der Waals surface area contributed by atoms with Gasteiger partial charge in [0, 0.05) is 75.5 Å². The van der Waals surface area contributed by atoms with Crippen molar-refractivity contribution in [1.29, 1.82) is 0 Å². The van der Waals surface area contributed by atoms with Crippen molar-refractivity contribution in [3.8, 4) is 0 Å². The van der Waals surface area contributed by atoms with E-state index in [9.17, 15) is 24.3 Å². The number of Topliss-reactive ketones (excluding diaryl/α,β-unsaturated/α-hetero) is 2. The van der Waals surface area contributed by atoms with E-state index in [1.54, 1.807) is 28.3 Å². The number of amides is 1. The van der Waals surface area contributed by atoms with Gasteiger partial charge in [0.1, 0.15) is 24.0 Å². The van der Waals surface area contributed by atoms with E-state index in [-0.39, 0.29) is 54.6 Å². The van der Waals surface area contributed by atoms with E-state index in [2.05, 4.69) is 66.0 Å². The van der Waals surface area contributed by atoms with Crippen molar-refractivity contribution in [2.24, 2.45) is 29.6 Å². The van der Waals surface area contributed by atoms with E-state index in [1.807, 2.05) is 33.8 Å². The zero-order valence-corrected chi connectivity index (χ0v) is 41.7. The second-order valence-corrected chi connectivity index (χ2v) is 20.3. The largest absolute Gasteiger partial charge is 0.456 e. The number of ether oxygens (including phenoxy) is 5. The molecule has 13 nitrogen and oxygen atoms in total. The van der Waals surface area contributed by atoms with Crippen LogP contribution in [0.2, 0.25) is 0 Å². The Balaban J connectivity index is 1.27. The molecule has 13 heteroatoms. The first-order chi connectivity index (χ1) is 32.0. The number of carbonyl (C=O) groups is 4. The fourth-order valence-electron chi connectivity index (χ4n) is 11.4. The number of hydrogen-bond donors (Lipinski definition) is 2. The van der Waals surface area contributed by atoms with Crippen LogP contribution in [0.3, 0.4) is 0 Å². The molecule has 0 spiro atoms. The molecule has 1 aromatic carbocycles. The van der Waals surface area contributed by atoms with Gasteiger partial charge >= 0.3 is 5.97 Å². The zero-order chi connectivity index (χ0) is 48.6. The molecule has 13 unspecified atom stereocenters. The van der Waals surface area contributed by atoms with E-state index in [1.165, 1.54) is 4.90 Å². The van der Waals surface area contributed by atoms with Crippen molar-refractivity contribution in [3.63, 3.8) is 0 Å². The SMILES string of the molecule is C=CCn1ccc2cc(NC3CCC(C=C(C)C4OC(=O)C5CCCCN5C(=O)C(=O)C5(O)OC(C(OC)CC(C)C/C(C)=C/C(CC)C(=O)CCC4C)C(OC)CC5C)CC3OC)ccc21. The lowest BCUT2D eigenvalue weighted by molar-refractivity contribution is -0.302. The third kappa shape index (κ3) is 12.2. The minimum absolute atomic E-state index is 0.0731. The lowest BCUT2D eigenvalue weighted by atomic mass is 9.81. The summed E-state index contributed by atoms with van der Waals surface area (Å²) in [5.74, 6) is -6.09. The molecule has 2 N–H and O–H groups in total. The first-order valence-electron chi connectivity index (χ1n) is 24.9. The number of nitrogens with one attached hydrogen (secondary N) is 1. The highest BCUT2D eigenvalue weighted by molar-refractivity contribution is 6.39. The number of fused-ring (bicyclic) bond motifs is 4. The van der Waals surface area contributed by atoms with Crippen LogP contribution in [0.1, 0.15) is 119 Å². The monoisotopic (exact) mass is 930 g/mol. The fraction of sp³-hybridized carbons (Fsp3) is 0.667. The first-order valence-corrected chi connectivity index (χ1v) is 24.9. The Morgan fingerprint density at radius 3 is 2.39 bits per heavy atom. The summed E-state index contributed by atoms with van der Waals surface area (Å²) in [6.45, 7) is 16.6. The number of piperidine rings is 1. The van der Waals surface area contributed by atoms with Gasteiger partial charge in [-0.05, 0) is 132 Å². The molecular weight excluding hydrogens is 851 g/mol. The number of hydrogen-bond acceptors (Lipinski definition) is 11. The average Bonchev–Trinajstić information content (AvgIpc) is 3.72. The average molecular weight is 930 g/mol. The number of cyclic esters (lactones) is 1. The number of ketones is 2. The van der Waals surface area contributed by atoms with Crippen molar-refractivity contribution in [3.05, 3.63) is 66.4 Å². The lowest BCUT2D eigenvalue weighted by Crippen LogP contribution is -2.64. The van der Waals surface area contributed by atoms with E-state index in [4.69, 9.17) is 23.7 Å². The smallest absolute Gasteiger partial charge is 0.329 e. The Hall–Kier alpha value is -4.14. The summed E-state index contributed by atoms with van der Waals surface area (Å²) in [5.41, 5.74) is 4.15. The summed E-state index contributed by atoms with van der Waals surface area (Å²) < 4.78 is 32.9. The molecule has 13 atom stereocenters. The number of carbonyl (C=O) groups excluding carboxylic acids is 4. The normalized spacial score (nSPS) is 35.5. The van der Waals surface area contributed by atoms with E-state index >= 15 is 0 Å². The van der Waals surface area contributed by atoms with Crippen molar-refractivity contribution in [2.75, 3.05) is 33.2 Å². The van der Waals surface area contributed by atoms with Gasteiger partial charge in [-0.2, -0.15) is 0 Å². The quantitative estimate of drug-likeness (QED) is 0.134. The number of esters is 1. The lowest BCUT2D eigenvalue weighted by Gasteiger charge is -2.47. The summed E-state index contributed by atoms with van der Waals surface area (Å²) in [6, 6.07) is 7.59. The van der Waals surface area contributed by atoms with Gasteiger partial charge in [-0.1, -0.05) is 51.5 Å². The maximum atomic E-state index is 14.6. The number of allylic oxidation sites excluding steroid dienone is 4. The number of rotatable bonds is 10. The Kier molecular flexibility index (Phi) is 18.3. The van der Waals surface area contributed by atoms with Crippen LogP contribution < -0.4 is 5.32 Å². The molecule has 4 heterocycles. The Labute approximate surface area is 399 Å². The van der Waals surface area contributed by atoms with Crippen LogP contribution in [-0.4, -0.2) is 114 Å². The van der Waals surface area contributed by atoms with Gasteiger partial charge in [-0.25, -0.2) is 4.79 Å². The second kappa shape index (κ2) is 23.4. The minimum Gasteiger partial charge on any atom is -0.456 e. The highest BCUT2D eigenvalue weighted by atomic mass is 16.7. The summed E-state index contributed by atoms with van der Waals surface area (Å²) in [5, 5.41) is 17.0. The fourth-order valence-corrected chi connectivity index (χ4v) is 11.4. The molecule has 2 aromatic rings. The summed E-state index contributed by atoms with van der Waals surface area (Å²) in [7, 11) is 4.88. The zero-order valence-electron chi connectivity index (χ0n) is 41.7. The predicted molar refractivity (Wildman–Crippen MR) is 260 cm³/mol. The third-order valence-electron chi connectivity index (χ3n) is 15.2. The van der Waals surface area contributed by atoms with Crippen LogP contribution in [0.15, 0.2) is 66.4 Å². The number of methoxy groups -OCH3 is 3. The van der Waals surface area contributed by atoms with Crippen molar-refractivity contribution in [1.82, 2.24) is 9.47 Å². The van der Waals surface area contributed by atoms with Gasteiger partial charge < -0.3 is 43.6 Å². The number of benzene rings is 1. The van der Waals surface area contributed by atoms with E-state index < -0.39 is 59.8 Å². The molecule has 0 radical (unpaired) electrons. The molecule has 6 rings (SSSR count). The van der Waals surface area contributed by atoms with Gasteiger partial charge in [0.25, 0.3) is 11.7 Å². The molecule has 1 amide bonds. The molecule has 3 aliphatic heterocycles. The second-order valence-electron chi connectivity index (χ2n) is 20.3. The van der Waals surface area contributed by atoms with Gasteiger partial charge in [0.2, 0.25) is 5.79 Å². The number of aliphatic hydroxyl groups is 1. The van der Waals surface area contributed by atoms with Gasteiger partial charge in [0.05, 0.1) is 24.4 Å². The van der Waals surface area contributed by atoms with Crippen LogP contribution in [0.4, 0.5) is 5.69 Å². The van der Waals surface area contributed by atoms with Gasteiger partial charge in [-0.3, -0.25) is 14.4 Å². The van der Waals surface area contributed by atoms with Crippen LogP contribution in [0.25, 0.3) is 10.9 Å². The maximum Gasteiger partial charge on any atom is 0.329 e. The highest BCUT2D eigenvalue weighted by Gasteiger charge is 2.56. The molecular formula is C54H79N3O10. The first kappa shape index (κ1) is 52.2. The molecule has 3 fully saturated rings. The summed E-state index contributed by atoms with van der Waals surface area (Å²) in [4.78, 5) is 58.6. The summed E-state index contributed by atoms with van der Waals surface area (Å²) >= 11 is 0. The van der Waals surface area contributed by atoms with Gasteiger partial charge in [0.15, 0.2) is 0 Å². The van der Waals surface area contributed by atoms with Crippen LogP contribution >= 0.6 is 0 Å². The summed E-state index contributed by atoms with van der Waals surface area (Å²) in [6.07, 6.45) is 12.5. The third-order valence-corrected chi connectivity index (χ3v) is 15.2. The van der Waals surface area contributed by atoms with Crippen molar-refractivity contribution < 1.29 is 48.0 Å². The topological polar surface area (TPSA) is 155 Å². The Morgan fingerprint density at radius 1 is 0.955 bits per heavy atom. The molecule has 1 aliphatic carbocycles. The highest BCUT2D eigenvalue weighted by Crippen LogP contribution is 2.39. The van der Waals surface area contributed by atoms with E-state index in [0.29, 0.717) is 51.4 Å². The molecule has 1 aromatic heterocycles. The molecule has 2 bridgehead atoms. The number of nitrogens with zero attached hydrogens (tertiary/aromatic N) is 2. The molecule has 67 heavy (non-hydrogen) atoms. The minimum atomic E-state index is -2.47. The van der Waals surface area contributed by atoms with Gasteiger partial charge in [-0.15, -0.1) is 6.58 Å². The predicted octanol–water partition coefficient (Wildman–Crippen LogP) is 8.76. The standard InChI is InChI=1S/C54H79N3O10/c1-11-23-56-25-22-40-32-41(18-20-43(40)56)55-42-19-17-38(31-46(42)63-8)29-36(6)49-35(5)16-21-45(58)39(12-2)27-33(3)26-34(4)28-47(64-9)50-48(65-10)30-37(7)54(62,67-50)51(59)52(60)57-24-14-13-15-44(57)53(61)66-49/h11,18,20,22,25,27,29,32,34-35,37-39,42,44,46-50,55,62H,1,12-17,19,21,23-24,26,28,30-31H2,2-10H3/b33-27+,36-29?. The van der Waals surface area contributed by atoms with Crippen molar-refractivity contribution >= 4 is 40.0 Å².